The molecule has 0 fully saturated rings. The number of rotatable bonds is 12. The van der Waals surface area contributed by atoms with E-state index < -0.39 is 34.6 Å². The van der Waals surface area contributed by atoms with Crippen molar-refractivity contribution in [2.24, 2.45) is 0 Å². The second-order valence-electron chi connectivity index (χ2n) is 6.94. The summed E-state index contributed by atoms with van der Waals surface area (Å²) in [5, 5.41) is 12.3. The molecule has 0 heterocycles. The lowest BCUT2D eigenvalue weighted by molar-refractivity contribution is -0.132. The van der Waals surface area contributed by atoms with E-state index >= 15 is 0 Å². The molecule has 164 valence electrons. The minimum absolute atomic E-state index is 0.297. The minimum Gasteiger partial charge on any atom is -0.494 e. The van der Waals surface area contributed by atoms with Crippen LogP contribution in [0.2, 0.25) is 0 Å². The molecule has 30 heavy (non-hydrogen) atoms. The number of amides is 1. The Balaban J connectivity index is 1.76. The molecule has 0 aliphatic heterocycles. The van der Waals surface area contributed by atoms with E-state index in [2.05, 4.69) is 17.4 Å². The van der Waals surface area contributed by atoms with Gasteiger partial charge in [-0.1, -0.05) is 42.5 Å². The molecule has 0 bridgehead atoms. The molecule has 0 radical (unpaired) electrons. The van der Waals surface area contributed by atoms with Crippen molar-refractivity contribution in [3.05, 3.63) is 65.7 Å². The zero-order valence-electron chi connectivity index (χ0n) is 16.9. The summed E-state index contributed by atoms with van der Waals surface area (Å²) in [4.78, 5) is 13.0. The zero-order chi connectivity index (χ0) is 22.0. The Bertz CT molecular complexity index is 887. The van der Waals surface area contributed by atoms with Crippen molar-refractivity contribution in [2.75, 3.05) is 26.1 Å². The van der Waals surface area contributed by atoms with Crippen LogP contribution in [0.1, 0.15) is 17.5 Å². The Kier molecular flexibility index (Phi) is 9.25. The largest absolute Gasteiger partial charge is 0.494 e. The van der Waals surface area contributed by atoms with Gasteiger partial charge in [-0.3, -0.25) is 14.7 Å². The molecule has 0 saturated heterocycles. The maximum atomic E-state index is 12.2. The van der Waals surface area contributed by atoms with E-state index in [0.717, 1.165) is 29.1 Å². The number of ether oxygens (including phenoxy) is 1. The Morgan fingerprint density at radius 1 is 1.10 bits per heavy atom. The van der Waals surface area contributed by atoms with Crippen LogP contribution < -0.4 is 10.1 Å². The number of carbonyl (C=O) groups excluding carboxylic acids is 1. The van der Waals surface area contributed by atoms with Crippen LogP contribution in [0.5, 0.6) is 5.75 Å². The third-order valence-electron chi connectivity index (χ3n) is 4.41. The standard InChI is InChI=1S/C21H28N2O6S/c1-23(16-30(26,27)28)21(25)20(15-24)22-14-18-9-11-19(12-10-18)29-13-5-8-17-6-3-2-4-7-17/h2-4,6-7,9-12,20,22,24H,5,8,13-16H2,1H3,(H,26,27,28). The van der Waals surface area contributed by atoms with Gasteiger partial charge >= 0.3 is 0 Å². The molecule has 1 amide bonds. The van der Waals surface area contributed by atoms with Crippen molar-refractivity contribution >= 4 is 16.0 Å². The molecule has 0 saturated carbocycles. The van der Waals surface area contributed by atoms with Crippen LogP contribution >= 0.6 is 0 Å². The van der Waals surface area contributed by atoms with Gasteiger partial charge in [0.25, 0.3) is 10.1 Å². The van der Waals surface area contributed by atoms with Gasteiger partial charge in [-0.05, 0) is 36.1 Å². The van der Waals surface area contributed by atoms with Crippen LogP contribution in [0.15, 0.2) is 54.6 Å². The van der Waals surface area contributed by atoms with Gasteiger partial charge < -0.3 is 14.7 Å². The Labute approximate surface area is 177 Å². The summed E-state index contributed by atoms with van der Waals surface area (Å²) in [7, 11) is -3.09. The first-order chi connectivity index (χ1) is 14.3. The summed E-state index contributed by atoms with van der Waals surface area (Å²) in [6.07, 6.45) is 1.86. The number of aryl methyl sites for hydroxylation is 1. The fourth-order valence-corrected chi connectivity index (χ4v) is 3.48. The number of nitrogens with one attached hydrogen (secondary N) is 1. The summed E-state index contributed by atoms with van der Waals surface area (Å²) in [6.45, 7) is 0.399. The number of benzene rings is 2. The first-order valence-electron chi connectivity index (χ1n) is 9.58. The summed E-state index contributed by atoms with van der Waals surface area (Å²) in [5.41, 5.74) is 2.15. The summed E-state index contributed by atoms with van der Waals surface area (Å²) < 4.78 is 36.4. The van der Waals surface area contributed by atoms with Crippen LogP contribution in [0, 0.1) is 0 Å². The summed E-state index contributed by atoms with van der Waals surface area (Å²) in [5.74, 6) is -0.719. The minimum atomic E-state index is -4.33. The van der Waals surface area contributed by atoms with E-state index in [1.165, 1.54) is 12.6 Å². The highest BCUT2D eigenvalue weighted by atomic mass is 32.2. The van der Waals surface area contributed by atoms with E-state index in [0.29, 0.717) is 13.2 Å². The molecule has 2 rings (SSSR count). The van der Waals surface area contributed by atoms with E-state index in [4.69, 9.17) is 9.29 Å². The zero-order valence-corrected chi connectivity index (χ0v) is 17.7. The summed E-state index contributed by atoms with van der Waals surface area (Å²) >= 11 is 0. The smallest absolute Gasteiger partial charge is 0.283 e. The predicted octanol–water partition coefficient (Wildman–Crippen LogP) is 1.45. The van der Waals surface area contributed by atoms with Crippen molar-refractivity contribution in [1.82, 2.24) is 10.2 Å². The van der Waals surface area contributed by atoms with E-state index in [1.54, 1.807) is 0 Å². The quantitative estimate of drug-likeness (QED) is 0.341. The number of aliphatic hydroxyl groups excluding tert-OH is 1. The van der Waals surface area contributed by atoms with E-state index in [9.17, 15) is 18.3 Å². The highest BCUT2D eigenvalue weighted by molar-refractivity contribution is 7.85. The average molecular weight is 437 g/mol. The molecule has 1 unspecified atom stereocenters. The van der Waals surface area contributed by atoms with Crippen LogP contribution in [0.4, 0.5) is 0 Å². The number of hydrogen-bond acceptors (Lipinski definition) is 6. The Morgan fingerprint density at radius 2 is 1.77 bits per heavy atom. The maximum Gasteiger partial charge on any atom is 0.283 e. The lowest BCUT2D eigenvalue weighted by Gasteiger charge is -2.22. The first kappa shape index (κ1) is 23.8. The van der Waals surface area contributed by atoms with Gasteiger partial charge in [0.2, 0.25) is 5.91 Å². The van der Waals surface area contributed by atoms with Crippen LogP contribution in [-0.2, 0) is 27.9 Å². The van der Waals surface area contributed by atoms with Crippen LogP contribution in [0.25, 0.3) is 0 Å². The predicted molar refractivity (Wildman–Crippen MR) is 114 cm³/mol. The van der Waals surface area contributed by atoms with Crippen molar-refractivity contribution in [1.29, 1.82) is 0 Å². The fourth-order valence-electron chi connectivity index (χ4n) is 2.86. The van der Waals surface area contributed by atoms with Crippen molar-refractivity contribution in [3.8, 4) is 5.75 Å². The summed E-state index contributed by atoms with van der Waals surface area (Å²) in [6, 6.07) is 16.6. The molecular weight excluding hydrogens is 408 g/mol. The molecular formula is C21H28N2O6S. The lowest BCUT2D eigenvalue weighted by atomic mass is 10.1. The molecule has 0 aromatic heterocycles. The molecule has 0 aliphatic rings. The van der Waals surface area contributed by atoms with E-state index in [1.807, 2.05) is 42.5 Å². The third-order valence-corrected chi connectivity index (χ3v) is 5.12. The van der Waals surface area contributed by atoms with Gasteiger partial charge in [-0.2, -0.15) is 8.42 Å². The molecule has 2 aromatic carbocycles. The van der Waals surface area contributed by atoms with Crippen LogP contribution in [0.3, 0.4) is 0 Å². The van der Waals surface area contributed by atoms with Gasteiger partial charge in [0.1, 0.15) is 17.7 Å². The number of nitrogens with zero attached hydrogens (tertiary/aromatic N) is 1. The average Bonchev–Trinajstić information content (AvgIpc) is 2.72. The normalized spacial score (nSPS) is 12.4. The Morgan fingerprint density at radius 3 is 2.37 bits per heavy atom. The van der Waals surface area contributed by atoms with Crippen molar-refractivity contribution in [2.45, 2.75) is 25.4 Å². The molecule has 8 nitrogen and oxygen atoms in total. The second-order valence-corrected chi connectivity index (χ2v) is 8.37. The van der Waals surface area contributed by atoms with Crippen LogP contribution in [-0.4, -0.2) is 61.1 Å². The Hall–Kier alpha value is -2.46. The highest BCUT2D eigenvalue weighted by Crippen LogP contribution is 2.13. The van der Waals surface area contributed by atoms with Gasteiger partial charge in [-0.25, -0.2) is 0 Å². The van der Waals surface area contributed by atoms with Gasteiger partial charge in [0, 0.05) is 13.6 Å². The number of likely N-dealkylation sites (N-methyl/N-ethyl adjacent to an activating group) is 1. The third kappa shape index (κ3) is 8.50. The SMILES string of the molecule is CN(CS(=O)(=O)O)C(=O)C(CO)NCc1ccc(OCCCc2ccccc2)cc1. The van der Waals surface area contributed by atoms with Crippen molar-refractivity contribution < 1.29 is 27.6 Å². The molecule has 0 spiro atoms. The number of aliphatic hydroxyl groups is 1. The molecule has 1 atom stereocenters. The topological polar surface area (TPSA) is 116 Å². The highest BCUT2D eigenvalue weighted by Gasteiger charge is 2.23. The van der Waals surface area contributed by atoms with Gasteiger partial charge in [-0.15, -0.1) is 0 Å². The van der Waals surface area contributed by atoms with Gasteiger partial charge in [0.05, 0.1) is 13.2 Å². The lowest BCUT2D eigenvalue weighted by Crippen LogP contribution is -2.48. The monoisotopic (exact) mass is 436 g/mol. The van der Waals surface area contributed by atoms with Gasteiger partial charge in [0.15, 0.2) is 0 Å². The second kappa shape index (κ2) is 11.7. The fraction of sp³-hybridized carbons (Fsp3) is 0.381. The number of hydrogen-bond donors (Lipinski definition) is 3. The first-order valence-corrected chi connectivity index (χ1v) is 11.2. The molecule has 3 N–H and O–H groups in total. The molecule has 2 aromatic rings. The molecule has 0 aliphatic carbocycles. The molecule has 9 heteroatoms. The van der Waals surface area contributed by atoms with E-state index in [-0.39, 0.29) is 0 Å². The number of carbonyl (C=O) groups is 1. The van der Waals surface area contributed by atoms with Crippen molar-refractivity contribution in [3.63, 3.8) is 0 Å². The maximum absolute atomic E-state index is 12.2.